The van der Waals surface area contributed by atoms with E-state index in [2.05, 4.69) is 11.5 Å². The van der Waals surface area contributed by atoms with E-state index in [-0.39, 0.29) is 0 Å². The maximum atomic E-state index is 5.31. The van der Waals surface area contributed by atoms with Crippen LogP contribution >= 0.6 is 0 Å². The highest BCUT2D eigenvalue weighted by atomic mass is 16.5. The van der Waals surface area contributed by atoms with Crippen molar-refractivity contribution in [3.05, 3.63) is 12.3 Å². The molecule has 70 valence electrons. The molecule has 2 nitrogen and oxygen atoms in total. The molecule has 1 heterocycles. The van der Waals surface area contributed by atoms with Crippen molar-refractivity contribution < 1.29 is 4.74 Å². The zero-order chi connectivity index (χ0) is 8.81. The predicted octanol–water partition coefficient (Wildman–Crippen LogP) is 2.02. The Bertz CT molecular complexity index is 139. The van der Waals surface area contributed by atoms with Crippen molar-refractivity contribution >= 4 is 0 Å². The molecule has 1 fully saturated rings. The Labute approximate surface area is 75.2 Å². The van der Waals surface area contributed by atoms with Crippen LogP contribution in [0.1, 0.15) is 26.2 Å². The zero-order valence-electron chi connectivity index (χ0n) is 8.01. The van der Waals surface area contributed by atoms with Gasteiger partial charge in [-0.05, 0) is 32.9 Å². The highest BCUT2D eigenvalue weighted by molar-refractivity contribution is 4.74. The van der Waals surface area contributed by atoms with Crippen LogP contribution in [-0.4, -0.2) is 31.1 Å². The Kier molecular flexibility index (Phi) is 4.15. The molecule has 1 aliphatic heterocycles. The van der Waals surface area contributed by atoms with Gasteiger partial charge < -0.3 is 4.74 Å². The minimum atomic E-state index is 0.801. The Morgan fingerprint density at radius 3 is 2.58 bits per heavy atom. The molecule has 0 bridgehead atoms. The molecule has 0 amide bonds. The van der Waals surface area contributed by atoms with Gasteiger partial charge in [-0.1, -0.05) is 13.0 Å². The lowest BCUT2D eigenvalue weighted by atomic mass is 10.1. The smallest absolute Gasteiger partial charge is 0.100 e. The summed E-state index contributed by atoms with van der Waals surface area (Å²) >= 11 is 0. The summed E-state index contributed by atoms with van der Waals surface area (Å²) in [5, 5.41) is 0. The number of rotatable bonds is 4. The maximum absolute atomic E-state index is 5.31. The molecule has 0 atom stereocenters. The van der Waals surface area contributed by atoms with E-state index in [4.69, 9.17) is 4.74 Å². The molecule has 0 aromatic carbocycles. The average Bonchev–Trinajstić information content (AvgIpc) is 2.05. The second-order valence-electron chi connectivity index (χ2n) is 3.45. The van der Waals surface area contributed by atoms with E-state index >= 15 is 0 Å². The van der Waals surface area contributed by atoms with Crippen molar-refractivity contribution in [2.24, 2.45) is 0 Å². The first-order valence-corrected chi connectivity index (χ1v) is 4.80. The van der Waals surface area contributed by atoms with E-state index in [9.17, 15) is 0 Å². The summed E-state index contributed by atoms with van der Waals surface area (Å²) in [5.74, 6) is 0.826. The third-order valence-electron chi connectivity index (χ3n) is 2.20. The Morgan fingerprint density at radius 2 is 2.00 bits per heavy atom. The zero-order valence-corrected chi connectivity index (χ0v) is 8.01. The van der Waals surface area contributed by atoms with Crippen molar-refractivity contribution in [2.75, 3.05) is 26.2 Å². The van der Waals surface area contributed by atoms with Crippen molar-refractivity contribution in [1.82, 2.24) is 4.90 Å². The maximum Gasteiger partial charge on any atom is 0.100 e. The summed E-state index contributed by atoms with van der Waals surface area (Å²) in [6.45, 7) is 9.96. The molecule has 1 rings (SSSR count). The average molecular weight is 169 g/mol. The van der Waals surface area contributed by atoms with Gasteiger partial charge in [0.2, 0.25) is 0 Å². The van der Waals surface area contributed by atoms with Gasteiger partial charge in [-0.2, -0.15) is 0 Å². The summed E-state index contributed by atoms with van der Waals surface area (Å²) in [5.41, 5.74) is 0. The number of likely N-dealkylation sites (tertiary alicyclic amines) is 1. The number of nitrogens with zero attached hydrogens (tertiary/aromatic N) is 1. The lowest BCUT2D eigenvalue weighted by Gasteiger charge is -2.26. The predicted molar refractivity (Wildman–Crippen MR) is 51.1 cm³/mol. The van der Waals surface area contributed by atoms with Crippen molar-refractivity contribution in [2.45, 2.75) is 26.2 Å². The summed E-state index contributed by atoms with van der Waals surface area (Å²) in [4.78, 5) is 2.46. The van der Waals surface area contributed by atoms with E-state index in [1.807, 2.05) is 6.92 Å². The van der Waals surface area contributed by atoms with Gasteiger partial charge in [-0.25, -0.2) is 0 Å². The minimum Gasteiger partial charge on any atom is -0.498 e. The molecular formula is C10H19NO. The minimum absolute atomic E-state index is 0.801. The number of allylic oxidation sites excluding steroid dienone is 1. The van der Waals surface area contributed by atoms with Gasteiger partial charge in [-0.3, -0.25) is 4.90 Å². The Morgan fingerprint density at radius 1 is 1.33 bits per heavy atom. The molecular weight excluding hydrogens is 150 g/mol. The van der Waals surface area contributed by atoms with Gasteiger partial charge in [0.15, 0.2) is 0 Å². The molecule has 0 aromatic heterocycles. The molecule has 0 aromatic rings. The third kappa shape index (κ3) is 3.77. The Hall–Kier alpha value is -0.500. The number of ether oxygens (including phenoxy) is 1. The summed E-state index contributed by atoms with van der Waals surface area (Å²) in [7, 11) is 0. The lowest BCUT2D eigenvalue weighted by Crippen LogP contribution is -2.32. The number of hydrogen-bond acceptors (Lipinski definition) is 2. The molecule has 0 unspecified atom stereocenters. The Balaban J connectivity index is 2.01. The topological polar surface area (TPSA) is 12.5 Å². The number of piperidine rings is 1. The molecule has 0 N–H and O–H groups in total. The molecule has 1 aliphatic rings. The van der Waals surface area contributed by atoms with Gasteiger partial charge in [0.25, 0.3) is 0 Å². The standard InChI is InChI=1S/C10H19NO/c1-10(2)12-9-8-11-6-4-3-5-7-11/h1,3-9H2,2H3. The van der Waals surface area contributed by atoms with Crippen molar-refractivity contribution in [3.8, 4) is 0 Å². The summed E-state index contributed by atoms with van der Waals surface area (Å²) in [6, 6.07) is 0. The molecule has 12 heavy (non-hydrogen) atoms. The van der Waals surface area contributed by atoms with Crippen LogP contribution in [0.2, 0.25) is 0 Å². The van der Waals surface area contributed by atoms with E-state index in [0.29, 0.717) is 0 Å². The van der Waals surface area contributed by atoms with Gasteiger partial charge in [0, 0.05) is 6.54 Å². The van der Waals surface area contributed by atoms with Gasteiger partial charge in [-0.15, -0.1) is 0 Å². The van der Waals surface area contributed by atoms with Crippen LogP contribution in [0.25, 0.3) is 0 Å². The van der Waals surface area contributed by atoms with Crippen LogP contribution in [0.3, 0.4) is 0 Å². The first-order chi connectivity index (χ1) is 5.79. The van der Waals surface area contributed by atoms with E-state index in [1.54, 1.807) is 0 Å². The SMILES string of the molecule is C=C(C)OCCN1CCCCC1. The van der Waals surface area contributed by atoms with Crippen LogP contribution in [0.4, 0.5) is 0 Å². The van der Waals surface area contributed by atoms with Crippen LogP contribution in [0, 0.1) is 0 Å². The first-order valence-electron chi connectivity index (χ1n) is 4.80. The van der Waals surface area contributed by atoms with Crippen LogP contribution < -0.4 is 0 Å². The fourth-order valence-electron chi connectivity index (χ4n) is 1.53. The van der Waals surface area contributed by atoms with Crippen molar-refractivity contribution in [1.29, 1.82) is 0 Å². The van der Waals surface area contributed by atoms with Crippen molar-refractivity contribution in [3.63, 3.8) is 0 Å². The van der Waals surface area contributed by atoms with E-state index in [0.717, 1.165) is 18.9 Å². The summed E-state index contributed by atoms with van der Waals surface area (Å²) in [6.07, 6.45) is 4.11. The molecule has 2 heteroatoms. The largest absolute Gasteiger partial charge is 0.498 e. The molecule has 0 aliphatic carbocycles. The van der Waals surface area contributed by atoms with Gasteiger partial charge >= 0.3 is 0 Å². The third-order valence-corrected chi connectivity index (χ3v) is 2.20. The van der Waals surface area contributed by atoms with Crippen LogP contribution in [-0.2, 0) is 4.74 Å². The lowest BCUT2D eigenvalue weighted by molar-refractivity contribution is 0.144. The molecule has 0 spiro atoms. The summed E-state index contributed by atoms with van der Waals surface area (Å²) < 4.78 is 5.31. The first kappa shape index (κ1) is 9.59. The van der Waals surface area contributed by atoms with Gasteiger partial charge in [0.05, 0.1) is 5.76 Å². The van der Waals surface area contributed by atoms with Gasteiger partial charge in [0.1, 0.15) is 6.61 Å². The van der Waals surface area contributed by atoms with Crippen LogP contribution in [0.15, 0.2) is 12.3 Å². The highest BCUT2D eigenvalue weighted by Gasteiger charge is 2.08. The fraction of sp³-hybridized carbons (Fsp3) is 0.800. The normalized spacial score (nSPS) is 19.1. The molecule has 0 radical (unpaired) electrons. The van der Waals surface area contributed by atoms with E-state index < -0.39 is 0 Å². The fourth-order valence-corrected chi connectivity index (χ4v) is 1.53. The van der Waals surface area contributed by atoms with Crippen LogP contribution in [0.5, 0.6) is 0 Å². The molecule has 0 saturated carbocycles. The highest BCUT2D eigenvalue weighted by Crippen LogP contribution is 2.07. The second-order valence-corrected chi connectivity index (χ2v) is 3.45. The number of hydrogen-bond donors (Lipinski definition) is 0. The van der Waals surface area contributed by atoms with E-state index in [1.165, 1.54) is 32.4 Å². The second kappa shape index (κ2) is 5.20. The monoisotopic (exact) mass is 169 g/mol. The molecule has 1 saturated heterocycles. The quantitative estimate of drug-likeness (QED) is 0.597.